The van der Waals surface area contributed by atoms with Crippen molar-refractivity contribution >= 4 is 10.4 Å². The Balaban J connectivity index is 2.35. The maximum absolute atomic E-state index is 12.5. The zero-order chi connectivity index (χ0) is 10.4. The lowest BCUT2D eigenvalue weighted by Crippen LogP contribution is -2.56. The highest BCUT2D eigenvalue weighted by molar-refractivity contribution is 5.98. The quantitative estimate of drug-likeness (QED) is 0.649. The van der Waals surface area contributed by atoms with Crippen LogP contribution in [0.5, 0.6) is 0 Å². The lowest BCUT2D eigenvalue weighted by atomic mass is 9.94. The van der Waals surface area contributed by atoms with Gasteiger partial charge in [-0.3, -0.25) is 0 Å². The maximum Gasteiger partial charge on any atom is 0.450 e. The molecule has 0 aromatic heterocycles. The molecule has 0 aromatic carbocycles. The first-order chi connectivity index (χ1) is 6.53. The van der Waals surface area contributed by atoms with Crippen molar-refractivity contribution in [2.75, 3.05) is 19.7 Å². The molecule has 2 atom stereocenters. The van der Waals surface area contributed by atoms with E-state index in [4.69, 9.17) is 0 Å². The summed E-state index contributed by atoms with van der Waals surface area (Å²) in [6.07, 6.45) is 0.577. The number of aliphatic hydroxyl groups excluding tert-OH is 1. The number of nitrogens with zero attached hydrogens (tertiary/aromatic N) is 1. The molecule has 1 unspecified atom stereocenters. The number of aliphatic hydroxyl groups is 1. The Bertz CT molecular complexity index is 293. The molecule has 14 heavy (non-hydrogen) atoms. The zero-order valence-electron chi connectivity index (χ0n) is 7.89. The predicted molar refractivity (Wildman–Crippen MR) is 48.7 cm³/mol. The second-order valence-corrected chi connectivity index (χ2v) is 5.23. The van der Waals surface area contributed by atoms with Crippen LogP contribution in [0.25, 0.3) is 0 Å². The minimum Gasteiger partial charge on any atom is -0.390 e. The first kappa shape index (κ1) is 10.3. The minimum atomic E-state index is -1.57. The standard InChI is InChI=1S/C9H13F2NOSi/c10-8(11)7-4-9(6-13)2-1-3-12(9,14)5-7/h13H,1-6H2/q+1/t9-,12?/m0/s1. The van der Waals surface area contributed by atoms with Crippen molar-refractivity contribution in [3.05, 3.63) is 11.7 Å². The lowest BCUT2D eigenvalue weighted by molar-refractivity contribution is -0.843. The molecule has 0 aromatic rings. The summed E-state index contributed by atoms with van der Waals surface area (Å²) in [5.41, 5.74) is -0.191. The fourth-order valence-electron chi connectivity index (χ4n) is 2.79. The third-order valence-corrected chi connectivity index (χ3v) is 4.51. The summed E-state index contributed by atoms with van der Waals surface area (Å²) in [6, 6.07) is 0. The molecule has 2 aliphatic heterocycles. The summed E-state index contributed by atoms with van der Waals surface area (Å²) in [7, 11) is 3.57. The number of rotatable bonds is 1. The van der Waals surface area contributed by atoms with Crippen LogP contribution in [0, 0.1) is 0 Å². The van der Waals surface area contributed by atoms with E-state index in [1.807, 2.05) is 0 Å². The molecule has 77 valence electrons. The van der Waals surface area contributed by atoms with Crippen molar-refractivity contribution in [3.63, 3.8) is 0 Å². The highest BCUT2D eigenvalue weighted by Gasteiger charge is 2.57. The topological polar surface area (TPSA) is 20.2 Å². The Morgan fingerprint density at radius 1 is 1.57 bits per heavy atom. The molecule has 2 aliphatic rings. The molecular formula is C9H13F2NOSi+. The van der Waals surface area contributed by atoms with Crippen molar-refractivity contribution in [2.45, 2.75) is 24.8 Å². The molecule has 0 spiro atoms. The third-order valence-electron chi connectivity index (χ3n) is 3.65. The van der Waals surface area contributed by atoms with Gasteiger partial charge >= 0.3 is 10.4 Å². The molecule has 2 fully saturated rings. The van der Waals surface area contributed by atoms with Gasteiger partial charge < -0.3 is 9.26 Å². The highest BCUT2D eigenvalue weighted by atomic mass is 28.2. The number of fused-ring (bicyclic) bond motifs is 1. The first-order valence-corrected chi connectivity index (χ1v) is 5.24. The Labute approximate surface area is 85.3 Å². The van der Waals surface area contributed by atoms with Gasteiger partial charge in [0.2, 0.25) is 0 Å². The van der Waals surface area contributed by atoms with Gasteiger partial charge in [-0.05, 0) is 0 Å². The molecule has 5 heteroatoms. The molecule has 0 saturated carbocycles. The molecule has 1 N–H and O–H groups in total. The SMILES string of the molecule is OC[C@@]12CCC[N+]1([Si])CC(=C(F)F)C2. The minimum absolute atomic E-state index is 0.0206. The number of hydrogen-bond donors (Lipinski definition) is 1. The van der Waals surface area contributed by atoms with E-state index in [2.05, 4.69) is 10.4 Å². The van der Waals surface area contributed by atoms with E-state index in [0.29, 0.717) is 17.1 Å². The van der Waals surface area contributed by atoms with E-state index >= 15 is 0 Å². The van der Waals surface area contributed by atoms with Crippen LogP contribution < -0.4 is 0 Å². The van der Waals surface area contributed by atoms with Gasteiger partial charge in [-0.1, -0.05) is 0 Å². The van der Waals surface area contributed by atoms with Gasteiger partial charge in [-0.25, -0.2) is 0 Å². The van der Waals surface area contributed by atoms with Crippen LogP contribution in [0.3, 0.4) is 0 Å². The maximum atomic E-state index is 12.5. The molecule has 2 nitrogen and oxygen atoms in total. The van der Waals surface area contributed by atoms with Crippen LogP contribution in [-0.2, 0) is 0 Å². The third kappa shape index (κ3) is 1.19. The van der Waals surface area contributed by atoms with E-state index < -0.39 is 11.6 Å². The van der Waals surface area contributed by atoms with Crippen LogP contribution in [-0.4, -0.2) is 44.9 Å². The largest absolute Gasteiger partial charge is 0.450 e. The highest BCUT2D eigenvalue weighted by Crippen LogP contribution is 2.46. The van der Waals surface area contributed by atoms with Gasteiger partial charge in [0, 0.05) is 19.3 Å². The molecule has 0 aliphatic carbocycles. The van der Waals surface area contributed by atoms with Crippen molar-refractivity contribution < 1.29 is 18.0 Å². The zero-order valence-corrected chi connectivity index (χ0v) is 8.89. The van der Waals surface area contributed by atoms with Gasteiger partial charge in [0.15, 0.2) is 0 Å². The fourth-order valence-corrected chi connectivity index (χ4v) is 3.40. The summed E-state index contributed by atoms with van der Waals surface area (Å²) >= 11 is 0. The molecule has 2 rings (SSSR count). The smallest absolute Gasteiger partial charge is 0.390 e. The summed E-state index contributed by atoms with van der Waals surface area (Å²) in [4.78, 5) is 0. The van der Waals surface area contributed by atoms with Crippen LogP contribution in [0.2, 0.25) is 0 Å². The molecule has 0 bridgehead atoms. The molecule has 2 saturated heterocycles. The number of halogens is 2. The van der Waals surface area contributed by atoms with E-state index in [-0.39, 0.29) is 12.2 Å². The summed E-state index contributed by atoms with van der Waals surface area (Å²) in [5, 5.41) is 9.38. The first-order valence-electron chi connectivity index (χ1n) is 4.79. The van der Waals surface area contributed by atoms with E-state index in [0.717, 1.165) is 19.4 Å². The summed E-state index contributed by atoms with van der Waals surface area (Å²) in [5.74, 6) is 0. The van der Waals surface area contributed by atoms with Crippen molar-refractivity contribution in [2.24, 2.45) is 0 Å². The molecule has 2 heterocycles. The van der Waals surface area contributed by atoms with Gasteiger partial charge in [0.1, 0.15) is 5.54 Å². The van der Waals surface area contributed by atoms with Crippen LogP contribution in [0.1, 0.15) is 19.3 Å². The van der Waals surface area contributed by atoms with Crippen molar-refractivity contribution in [1.29, 1.82) is 0 Å². The molecule has 3 radical (unpaired) electrons. The van der Waals surface area contributed by atoms with E-state index in [1.165, 1.54) is 0 Å². The van der Waals surface area contributed by atoms with Crippen molar-refractivity contribution in [3.8, 4) is 0 Å². The van der Waals surface area contributed by atoms with E-state index in [1.54, 1.807) is 0 Å². The van der Waals surface area contributed by atoms with Gasteiger partial charge in [0.25, 0.3) is 6.08 Å². The Morgan fingerprint density at radius 2 is 2.29 bits per heavy atom. The Morgan fingerprint density at radius 3 is 2.79 bits per heavy atom. The van der Waals surface area contributed by atoms with E-state index in [9.17, 15) is 13.9 Å². The van der Waals surface area contributed by atoms with Gasteiger partial charge in [-0.2, -0.15) is 8.78 Å². The monoisotopic (exact) mass is 217 g/mol. The number of hydrogen-bond acceptors (Lipinski definition) is 1. The molecular weight excluding hydrogens is 204 g/mol. The van der Waals surface area contributed by atoms with Gasteiger partial charge in [-0.15, -0.1) is 0 Å². The lowest BCUT2D eigenvalue weighted by Gasteiger charge is -2.39. The second kappa shape index (κ2) is 3.11. The summed E-state index contributed by atoms with van der Waals surface area (Å²) in [6.45, 7) is 1.14. The van der Waals surface area contributed by atoms with Crippen LogP contribution in [0.4, 0.5) is 8.78 Å². The number of quaternary nitrogens is 1. The Kier molecular flexibility index (Phi) is 2.28. The average Bonchev–Trinajstić information content (AvgIpc) is 2.55. The van der Waals surface area contributed by atoms with Crippen LogP contribution >= 0.6 is 0 Å². The second-order valence-electron chi connectivity index (χ2n) is 4.38. The fraction of sp³-hybridized carbons (Fsp3) is 0.778. The average molecular weight is 217 g/mol. The molecule has 0 amide bonds. The Hall–Kier alpha value is -0.263. The van der Waals surface area contributed by atoms with Crippen molar-refractivity contribution in [1.82, 2.24) is 0 Å². The van der Waals surface area contributed by atoms with Crippen LogP contribution in [0.15, 0.2) is 11.7 Å². The summed E-state index contributed by atoms with van der Waals surface area (Å²) < 4.78 is 25.4. The normalized spacial score (nSPS) is 41.6. The van der Waals surface area contributed by atoms with Gasteiger partial charge in [0.05, 0.1) is 25.3 Å². The predicted octanol–water partition coefficient (Wildman–Crippen LogP) is 0.966.